The average Bonchev–Trinajstić information content (AvgIpc) is 2.74. The number of rotatable bonds is 3. The summed E-state index contributed by atoms with van der Waals surface area (Å²) in [5, 5.41) is 20.5. The molecule has 0 saturated carbocycles. The first kappa shape index (κ1) is 12.7. The summed E-state index contributed by atoms with van der Waals surface area (Å²) in [6.45, 7) is 1.79. The number of carboxylic acids is 1. The molecule has 0 aliphatic heterocycles. The Balaban J connectivity index is 2.07. The lowest BCUT2D eigenvalue weighted by molar-refractivity contribution is -0.146. The molecule has 0 spiro atoms. The Morgan fingerprint density at radius 1 is 1.33 bits per heavy atom. The maximum atomic E-state index is 12.0. The first-order chi connectivity index (χ1) is 8.58. The fourth-order valence-corrected chi connectivity index (χ4v) is 2.52. The van der Waals surface area contributed by atoms with E-state index in [-0.39, 0.29) is 5.91 Å². The largest absolute Gasteiger partial charge is 0.481 e. The molecule has 2 rings (SSSR count). The number of carbonyl (C=O) groups is 2. The molecule has 1 aliphatic rings. The lowest BCUT2D eigenvalue weighted by Gasteiger charge is -2.23. The van der Waals surface area contributed by atoms with Crippen molar-refractivity contribution in [2.75, 3.05) is 5.32 Å². The van der Waals surface area contributed by atoms with Crippen LogP contribution >= 0.6 is 11.3 Å². The van der Waals surface area contributed by atoms with E-state index in [0.29, 0.717) is 18.0 Å². The number of aliphatic carboxylic acids is 1. The number of anilines is 1. The summed E-state index contributed by atoms with van der Waals surface area (Å²) in [5.74, 6) is -2.45. The summed E-state index contributed by atoms with van der Waals surface area (Å²) in [7, 11) is 0. The van der Waals surface area contributed by atoms with E-state index in [0.717, 1.165) is 5.01 Å². The van der Waals surface area contributed by atoms with Crippen molar-refractivity contribution in [1.29, 1.82) is 0 Å². The molecular formula is C11H13N3O3S. The lowest BCUT2D eigenvalue weighted by atomic mass is 9.82. The molecule has 7 heteroatoms. The molecule has 1 heterocycles. The molecule has 1 amide bonds. The number of nitrogens with zero attached hydrogens (tertiary/aromatic N) is 2. The van der Waals surface area contributed by atoms with Crippen LogP contribution in [0.5, 0.6) is 0 Å². The first-order valence-electron chi connectivity index (χ1n) is 5.56. The predicted octanol–water partition coefficient (Wildman–Crippen LogP) is 1.45. The highest BCUT2D eigenvalue weighted by Gasteiger charge is 2.34. The SMILES string of the molecule is Cc1nnc(NC(=O)[C@H]2CC=CC[C@H]2C(=O)O)s1. The van der Waals surface area contributed by atoms with Crippen molar-refractivity contribution in [1.82, 2.24) is 10.2 Å². The van der Waals surface area contributed by atoms with Crippen LogP contribution in [0.15, 0.2) is 12.2 Å². The van der Waals surface area contributed by atoms with Crippen molar-refractivity contribution >= 4 is 28.3 Å². The minimum Gasteiger partial charge on any atom is -0.481 e. The van der Waals surface area contributed by atoms with E-state index in [9.17, 15) is 9.59 Å². The normalized spacial score (nSPS) is 22.7. The van der Waals surface area contributed by atoms with Gasteiger partial charge in [-0.15, -0.1) is 10.2 Å². The maximum Gasteiger partial charge on any atom is 0.307 e. The van der Waals surface area contributed by atoms with Crippen molar-refractivity contribution in [2.45, 2.75) is 19.8 Å². The van der Waals surface area contributed by atoms with Crippen molar-refractivity contribution in [3.05, 3.63) is 17.2 Å². The van der Waals surface area contributed by atoms with Crippen molar-refractivity contribution in [3.63, 3.8) is 0 Å². The van der Waals surface area contributed by atoms with Crippen molar-refractivity contribution < 1.29 is 14.7 Å². The van der Waals surface area contributed by atoms with E-state index >= 15 is 0 Å². The van der Waals surface area contributed by atoms with Gasteiger partial charge >= 0.3 is 5.97 Å². The fourth-order valence-electron chi connectivity index (χ4n) is 1.92. The molecule has 6 nitrogen and oxygen atoms in total. The summed E-state index contributed by atoms with van der Waals surface area (Å²) >= 11 is 1.27. The molecule has 0 aromatic carbocycles. The van der Waals surface area contributed by atoms with Crippen LogP contribution in [0.2, 0.25) is 0 Å². The second-order valence-corrected chi connectivity index (χ2v) is 5.29. The van der Waals surface area contributed by atoms with Crippen LogP contribution in [-0.2, 0) is 9.59 Å². The van der Waals surface area contributed by atoms with E-state index in [1.54, 1.807) is 13.0 Å². The number of aromatic nitrogens is 2. The van der Waals surface area contributed by atoms with Gasteiger partial charge in [-0.05, 0) is 19.8 Å². The Bertz CT molecular complexity index is 497. The second-order valence-electron chi connectivity index (χ2n) is 4.11. The van der Waals surface area contributed by atoms with Gasteiger partial charge in [-0.2, -0.15) is 0 Å². The van der Waals surface area contributed by atoms with Crippen LogP contribution in [0.3, 0.4) is 0 Å². The van der Waals surface area contributed by atoms with Crippen molar-refractivity contribution in [2.24, 2.45) is 11.8 Å². The highest BCUT2D eigenvalue weighted by molar-refractivity contribution is 7.15. The minimum atomic E-state index is -0.937. The van der Waals surface area contributed by atoms with Gasteiger partial charge in [-0.25, -0.2) is 0 Å². The summed E-state index contributed by atoms with van der Waals surface area (Å²) < 4.78 is 0. The van der Waals surface area contributed by atoms with Crippen molar-refractivity contribution in [3.8, 4) is 0 Å². The maximum absolute atomic E-state index is 12.0. The van der Waals surface area contributed by atoms with Crippen LogP contribution in [0, 0.1) is 18.8 Å². The Hall–Kier alpha value is -1.76. The average molecular weight is 267 g/mol. The number of amides is 1. The standard InChI is InChI=1S/C11H13N3O3S/c1-6-13-14-11(18-6)12-9(15)7-4-2-3-5-8(7)10(16)17/h2-3,7-8H,4-5H2,1H3,(H,16,17)(H,12,14,15)/t7-,8+/m0/s1. The summed E-state index contributed by atoms with van der Waals surface area (Å²) in [6, 6.07) is 0. The molecule has 1 aliphatic carbocycles. The summed E-state index contributed by atoms with van der Waals surface area (Å²) in [6.07, 6.45) is 4.48. The number of hydrogen-bond donors (Lipinski definition) is 2. The molecule has 0 fully saturated rings. The number of allylic oxidation sites excluding steroid dienone is 2. The van der Waals surface area contributed by atoms with Gasteiger partial charge in [0.2, 0.25) is 11.0 Å². The number of hydrogen-bond acceptors (Lipinski definition) is 5. The van der Waals surface area contributed by atoms with Crippen LogP contribution < -0.4 is 5.32 Å². The summed E-state index contributed by atoms with van der Waals surface area (Å²) in [4.78, 5) is 23.1. The minimum absolute atomic E-state index is 0.303. The van der Waals surface area contributed by atoms with E-state index < -0.39 is 17.8 Å². The zero-order valence-corrected chi connectivity index (χ0v) is 10.6. The third kappa shape index (κ3) is 2.73. The zero-order chi connectivity index (χ0) is 13.1. The second kappa shape index (κ2) is 5.26. The molecule has 0 unspecified atom stereocenters. The Labute approximate surface area is 108 Å². The van der Waals surface area contributed by atoms with E-state index in [1.165, 1.54) is 11.3 Å². The predicted molar refractivity (Wildman–Crippen MR) is 66.3 cm³/mol. The summed E-state index contributed by atoms with van der Waals surface area (Å²) in [5.41, 5.74) is 0. The quantitative estimate of drug-likeness (QED) is 0.809. The molecule has 0 radical (unpaired) electrons. The zero-order valence-electron chi connectivity index (χ0n) is 9.79. The van der Waals surface area contributed by atoms with Gasteiger partial charge in [0.15, 0.2) is 0 Å². The molecule has 1 aromatic rings. The fraction of sp³-hybridized carbons (Fsp3) is 0.455. The van der Waals surface area contributed by atoms with Gasteiger partial charge in [0.05, 0.1) is 11.8 Å². The molecule has 0 bridgehead atoms. The van der Waals surface area contributed by atoms with Gasteiger partial charge < -0.3 is 10.4 Å². The third-order valence-corrected chi connectivity index (χ3v) is 3.60. The monoisotopic (exact) mass is 267 g/mol. The van der Waals surface area contributed by atoms with E-state index in [1.807, 2.05) is 6.08 Å². The smallest absolute Gasteiger partial charge is 0.307 e. The number of carbonyl (C=O) groups excluding carboxylic acids is 1. The van der Waals surface area contributed by atoms with Gasteiger partial charge in [0.25, 0.3) is 0 Å². The van der Waals surface area contributed by atoms with Crippen LogP contribution in [-0.4, -0.2) is 27.2 Å². The van der Waals surface area contributed by atoms with E-state index in [2.05, 4.69) is 15.5 Å². The Morgan fingerprint density at radius 3 is 2.56 bits per heavy atom. The topological polar surface area (TPSA) is 92.2 Å². The first-order valence-corrected chi connectivity index (χ1v) is 6.38. The Kier molecular flexibility index (Phi) is 3.71. The molecular weight excluding hydrogens is 254 g/mol. The van der Waals surface area contributed by atoms with E-state index in [4.69, 9.17) is 5.11 Å². The molecule has 1 aromatic heterocycles. The highest BCUT2D eigenvalue weighted by Crippen LogP contribution is 2.27. The Morgan fingerprint density at radius 2 is 2.00 bits per heavy atom. The van der Waals surface area contributed by atoms with Crippen LogP contribution in [0.1, 0.15) is 17.8 Å². The van der Waals surface area contributed by atoms with Gasteiger partial charge in [-0.1, -0.05) is 23.5 Å². The van der Waals surface area contributed by atoms with Crippen LogP contribution in [0.4, 0.5) is 5.13 Å². The van der Waals surface area contributed by atoms with Gasteiger partial charge in [0.1, 0.15) is 5.01 Å². The van der Waals surface area contributed by atoms with Gasteiger partial charge in [-0.3, -0.25) is 9.59 Å². The van der Waals surface area contributed by atoms with Gasteiger partial charge in [0, 0.05) is 0 Å². The molecule has 18 heavy (non-hydrogen) atoms. The molecule has 96 valence electrons. The highest BCUT2D eigenvalue weighted by atomic mass is 32.1. The molecule has 0 saturated heterocycles. The number of nitrogens with one attached hydrogen (secondary N) is 1. The third-order valence-electron chi connectivity index (χ3n) is 2.84. The number of carboxylic acid groups (broad SMARTS) is 1. The molecule has 2 N–H and O–H groups in total. The lowest BCUT2D eigenvalue weighted by Crippen LogP contribution is -2.34. The van der Waals surface area contributed by atoms with Crippen LogP contribution in [0.25, 0.3) is 0 Å². The molecule has 2 atom stereocenters. The number of aryl methyl sites for hydroxylation is 1.